The Bertz CT molecular complexity index is 881. The van der Waals surface area contributed by atoms with Crippen molar-refractivity contribution in [3.8, 4) is 16.9 Å². The predicted octanol–water partition coefficient (Wildman–Crippen LogP) is 4.69. The lowest BCUT2D eigenvalue weighted by molar-refractivity contribution is -0.120. The number of anilines is 1. The largest absolute Gasteiger partial charge is 0.492 e. The molecule has 144 valence electrons. The van der Waals surface area contributed by atoms with Gasteiger partial charge >= 0.3 is 0 Å². The van der Waals surface area contributed by atoms with Crippen LogP contribution in [0.1, 0.15) is 6.92 Å². The van der Waals surface area contributed by atoms with Crippen LogP contribution in [0, 0.1) is 0 Å². The van der Waals surface area contributed by atoms with E-state index in [9.17, 15) is 4.79 Å². The lowest BCUT2D eigenvalue weighted by Crippen LogP contribution is -2.41. The molecule has 0 aliphatic carbocycles. The molecule has 3 aromatic carbocycles. The third-order valence-corrected chi connectivity index (χ3v) is 4.77. The number of carbonyl (C=O) groups is 1. The van der Waals surface area contributed by atoms with Crippen LogP contribution in [0.5, 0.6) is 5.75 Å². The Morgan fingerprint density at radius 1 is 0.929 bits per heavy atom. The van der Waals surface area contributed by atoms with Crippen molar-refractivity contribution >= 4 is 11.6 Å². The second-order valence-electron chi connectivity index (χ2n) is 6.72. The number of nitrogens with zero attached hydrogens (tertiary/aromatic N) is 1. The highest BCUT2D eigenvalue weighted by Crippen LogP contribution is 2.27. The van der Waals surface area contributed by atoms with E-state index in [0.717, 1.165) is 22.6 Å². The number of carbonyl (C=O) groups excluding carboxylic acids is 1. The fraction of sp³-hybridized carbons (Fsp3) is 0.208. The maximum atomic E-state index is 12.8. The monoisotopic (exact) mass is 374 g/mol. The molecule has 4 nitrogen and oxygen atoms in total. The van der Waals surface area contributed by atoms with E-state index in [1.54, 1.807) is 0 Å². The van der Waals surface area contributed by atoms with Gasteiger partial charge in [0.25, 0.3) is 0 Å². The molecule has 0 radical (unpaired) electrons. The van der Waals surface area contributed by atoms with E-state index in [1.807, 2.05) is 104 Å². The number of hydrogen-bond acceptors (Lipinski definition) is 3. The number of rotatable bonds is 8. The standard InChI is InChI=1S/C24H26N2O2/c1-19(26(2)17-18-28-21-13-7-4-8-14-21)24(27)25-23-16-10-9-15-22(23)20-11-5-3-6-12-20/h3-16,19H,17-18H2,1-2H3,(H,25,27). The van der Waals surface area contributed by atoms with E-state index in [4.69, 9.17) is 4.74 Å². The molecule has 0 bridgehead atoms. The zero-order valence-electron chi connectivity index (χ0n) is 16.3. The molecule has 1 atom stereocenters. The summed E-state index contributed by atoms with van der Waals surface area (Å²) in [6.07, 6.45) is 0. The Morgan fingerprint density at radius 3 is 2.25 bits per heavy atom. The van der Waals surface area contributed by atoms with Crippen molar-refractivity contribution in [2.45, 2.75) is 13.0 Å². The van der Waals surface area contributed by atoms with E-state index in [1.165, 1.54) is 0 Å². The first-order chi connectivity index (χ1) is 13.6. The number of hydrogen-bond donors (Lipinski definition) is 1. The summed E-state index contributed by atoms with van der Waals surface area (Å²) in [4.78, 5) is 14.8. The zero-order chi connectivity index (χ0) is 19.8. The highest BCUT2D eigenvalue weighted by atomic mass is 16.5. The highest BCUT2D eigenvalue weighted by molar-refractivity contribution is 5.98. The van der Waals surface area contributed by atoms with Crippen molar-refractivity contribution in [1.82, 2.24) is 4.90 Å². The van der Waals surface area contributed by atoms with Crippen LogP contribution in [-0.4, -0.2) is 37.0 Å². The van der Waals surface area contributed by atoms with Crippen LogP contribution in [0.15, 0.2) is 84.9 Å². The molecule has 0 aromatic heterocycles. The maximum absolute atomic E-state index is 12.8. The van der Waals surface area contributed by atoms with Crippen molar-refractivity contribution < 1.29 is 9.53 Å². The summed E-state index contributed by atoms with van der Waals surface area (Å²) < 4.78 is 5.73. The molecule has 1 amide bonds. The average molecular weight is 374 g/mol. The molecule has 0 spiro atoms. The quantitative estimate of drug-likeness (QED) is 0.622. The summed E-state index contributed by atoms with van der Waals surface area (Å²) in [5, 5.41) is 3.08. The van der Waals surface area contributed by atoms with E-state index in [0.29, 0.717) is 13.2 Å². The van der Waals surface area contributed by atoms with Crippen molar-refractivity contribution in [3.63, 3.8) is 0 Å². The first-order valence-corrected chi connectivity index (χ1v) is 9.48. The highest BCUT2D eigenvalue weighted by Gasteiger charge is 2.19. The van der Waals surface area contributed by atoms with E-state index >= 15 is 0 Å². The summed E-state index contributed by atoms with van der Waals surface area (Å²) in [5.74, 6) is 0.801. The number of nitrogens with one attached hydrogen (secondary N) is 1. The second kappa shape index (κ2) is 9.72. The minimum atomic E-state index is -0.275. The van der Waals surface area contributed by atoms with Crippen LogP contribution >= 0.6 is 0 Å². The molecule has 3 aromatic rings. The minimum Gasteiger partial charge on any atom is -0.492 e. The van der Waals surface area contributed by atoms with Gasteiger partial charge in [0.05, 0.1) is 6.04 Å². The molecule has 0 saturated heterocycles. The number of para-hydroxylation sites is 2. The zero-order valence-corrected chi connectivity index (χ0v) is 16.3. The third-order valence-electron chi connectivity index (χ3n) is 4.77. The number of benzene rings is 3. The Labute approximate surface area is 166 Å². The SMILES string of the molecule is CC(C(=O)Nc1ccccc1-c1ccccc1)N(C)CCOc1ccccc1. The van der Waals surface area contributed by atoms with Crippen LogP contribution in [-0.2, 0) is 4.79 Å². The summed E-state index contributed by atoms with van der Waals surface area (Å²) in [7, 11) is 1.93. The van der Waals surface area contributed by atoms with Crippen LogP contribution < -0.4 is 10.1 Å². The first kappa shape index (κ1) is 19.6. The fourth-order valence-corrected chi connectivity index (χ4v) is 2.92. The molecule has 3 rings (SSSR count). The molecule has 0 heterocycles. The third kappa shape index (κ3) is 5.21. The van der Waals surface area contributed by atoms with Crippen molar-refractivity contribution in [1.29, 1.82) is 0 Å². The van der Waals surface area contributed by atoms with Gasteiger partial charge in [-0.05, 0) is 37.7 Å². The van der Waals surface area contributed by atoms with Gasteiger partial charge in [0.15, 0.2) is 0 Å². The lowest BCUT2D eigenvalue weighted by atomic mass is 10.0. The maximum Gasteiger partial charge on any atom is 0.241 e. The molecule has 28 heavy (non-hydrogen) atoms. The van der Waals surface area contributed by atoms with Crippen molar-refractivity contribution in [3.05, 3.63) is 84.9 Å². The number of amides is 1. The summed E-state index contributed by atoms with van der Waals surface area (Å²) in [6, 6.07) is 27.4. The topological polar surface area (TPSA) is 41.6 Å². The average Bonchev–Trinajstić information content (AvgIpc) is 2.75. The van der Waals surface area contributed by atoms with E-state index in [2.05, 4.69) is 5.32 Å². The predicted molar refractivity (Wildman–Crippen MR) is 115 cm³/mol. The van der Waals surface area contributed by atoms with Gasteiger partial charge in [-0.3, -0.25) is 9.69 Å². The van der Waals surface area contributed by atoms with E-state index in [-0.39, 0.29) is 11.9 Å². The van der Waals surface area contributed by atoms with Gasteiger partial charge in [-0.2, -0.15) is 0 Å². The first-order valence-electron chi connectivity index (χ1n) is 9.48. The summed E-state index contributed by atoms with van der Waals surface area (Å²) in [6.45, 7) is 3.09. The molecular formula is C24H26N2O2. The van der Waals surface area contributed by atoms with Gasteiger partial charge < -0.3 is 10.1 Å². The molecule has 1 unspecified atom stereocenters. The van der Waals surface area contributed by atoms with Gasteiger partial charge in [-0.25, -0.2) is 0 Å². The molecule has 4 heteroatoms. The minimum absolute atomic E-state index is 0.0365. The molecule has 0 aliphatic rings. The Balaban J connectivity index is 1.58. The smallest absolute Gasteiger partial charge is 0.241 e. The van der Waals surface area contributed by atoms with Crippen LogP contribution in [0.25, 0.3) is 11.1 Å². The van der Waals surface area contributed by atoms with Crippen LogP contribution in [0.3, 0.4) is 0 Å². The van der Waals surface area contributed by atoms with Gasteiger partial charge in [0.2, 0.25) is 5.91 Å². The summed E-state index contributed by atoms with van der Waals surface area (Å²) >= 11 is 0. The molecule has 0 aliphatic heterocycles. The van der Waals surface area contributed by atoms with Crippen LogP contribution in [0.2, 0.25) is 0 Å². The van der Waals surface area contributed by atoms with Crippen LogP contribution in [0.4, 0.5) is 5.69 Å². The van der Waals surface area contributed by atoms with Gasteiger partial charge in [-0.15, -0.1) is 0 Å². The Morgan fingerprint density at radius 2 is 1.54 bits per heavy atom. The molecule has 0 fully saturated rings. The fourth-order valence-electron chi connectivity index (χ4n) is 2.92. The number of likely N-dealkylation sites (N-methyl/N-ethyl adjacent to an activating group) is 1. The Hall–Kier alpha value is -3.11. The molecule has 1 N–H and O–H groups in total. The van der Waals surface area contributed by atoms with Gasteiger partial charge in [0.1, 0.15) is 12.4 Å². The Kier molecular flexibility index (Phi) is 6.82. The van der Waals surface area contributed by atoms with Gasteiger partial charge in [0, 0.05) is 17.8 Å². The van der Waals surface area contributed by atoms with E-state index < -0.39 is 0 Å². The van der Waals surface area contributed by atoms with Crippen molar-refractivity contribution in [2.75, 3.05) is 25.5 Å². The summed E-state index contributed by atoms with van der Waals surface area (Å²) in [5.41, 5.74) is 2.91. The lowest BCUT2D eigenvalue weighted by Gasteiger charge is -2.24. The van der Waals surface area contributed by atoms with Gasteiger partial charge in [-0.1, -0.05) is 66.7 Å². The normalized spacial score (nSPS) is 11.8. The van der Waals surface area contributed by atoms with Crippen molar-refractivity contribution in [2.24, 2.45) is 0 Å². The number of ether oxygens (including phenoxy) is 1. The molecule has 0 saturated carbocycles. The second-order valence-corrected chi connectivity index (χ2v) is 6.72. The molecular weight excluding hydrogens is 348 g/mol.